The van der Waals surface area contributed by atoms with Crippen LogP contribution in [0.3, 0.4) is 0 Å². The van der Waals surface area contributed by atoms with E-state index in [1.165, 1.54) is 12.1 Å². The van der Waals surface area contributed by atoms with Crippen LogP contribution >= 0.6 is 0 Å². The number of nitrogen functional groups attached to an aromatic ring is 1. The van der Waals surface area contributed by atoms with Gasteiger partial charge in [-0.25, -0.2) is 0 Å². The number of hydrogen-bond donors (Lipinski definition) is 5. The Kier molecular flexibility index (Phi) is 10.2. The van der Waals surface area contributed by atoms with Gasteiger partial charge in [-0.1, -0.05) is 51.3 Å². The van der Waals surface area contributed by atoms with E-state index in [0.717, 1.165) is 53.6 Å². The molecular weight excluding hydrogens is 633 g/mol. The van der Waals surface area contributed by atoms with Gasteiger partial charge in [0.2, 0.25) is 5.91 Å². The number of amides is 1. The quantitative estimate of drug-likeness (QED) is 0.0464. The predicted molar refractivity (Wildman–Crippen MR) is 177 cm³/mol. The number of nitrogens with one attached hydrogen (secondary N) is 1. The molecule has 0 aliphatic heterocycles. The first-order chi connectivity index (χ1) is 21.5. The fourth-order valence-corrected chi connectivity index (χ4v) is 6.53. The van der Waals surface area contributed by atoms with E-state index in [4.69, 9.17) is 5.73 Å². The van der Waals surface area contributed by atoms with Crippen molar-refractivity contribution in [1.82, 2.24) is 0 Å². The Bertz CT molecular complexity index is 2080. The van der Waals surface area contributed by atoms with Crippen LogP contribution in [0.25, 0.3) is 21.9 Å². The number of anilines is 2. The summed E-state index contributed by atoms with van der Waals surface area (Å²) in [5.74, 6) is -0.788. The third-order valence-corrected chi connectivity index (χ3v) is 9.53. The second-order valence-corrected chi connectivity index (χ2v) is 14.0. The Labute approximate surface area is 267 Å². The van der Waals surface area contributed by atoms with Gasteiger partial charge in [-0.05, 0) is 78.9 Å². The van der Waals surface area contributed by atoms with E-state index >= 15 is 0 Å². The summed E-state index contributed by atoms with van der Waals surface area (Å²) in [5, 5.41) is 21.5. The highest BCUT2D eigenvalue weighted by Crippen LogP contribution is 2.44. The van der Waals surface area contributed by atoms with Crippen molar-refractivity contribution >= 4 is 59.7 Å². The van der Waals surface area contributed by atoms with Crippen molar-refractivity contribution in [2.75, 3.05) is 11.1 Å². The van der Waals surface area contributed by atoms with Crippen LogP contribution < -0.4 is 11.1 Å². The molecule has 6 N–H and O–H groups in total. The van der Waals surface area contributed by atoms with E-state index in [0.29, 0.717) is 11.8 Å². The number of phenols is 1. The molecule has 0 heterocycles. The summed E-state index contributed by atoms with van der Waals surface area (Å²) in [4.78, 5) is 10.8. The molecule has 0 fully saturated rings. The Morgan fingerprint density at radius 3 is 2.02 bits per heavy atom. The maximum Gasteiger partial charge on any atom is 0.296 e. The maximum atomic E-state index is 12.7. The molecule has 4 aromatic rings. The zero-order valence-corrected chi connectivity index (χ0v) is 27.4. The third-order valence-electron chi connectivity index (χ3n) is 7.74. The van der Waals surface area contributed by atoms with E-state index in [9.17, 15) is 35.8 Å². The molecule has 0 bridgehead atoms. The third kappa shape index (κ3) is 7.53. The van der Waals surface area contributed by atoms with Crippen molar-refractivity contribution in [3.63, 3.8) is 0 Å². The minimum atomic E-state index is -5.03. The topological polar surface area (TPSA) is 209 Å². The van der Waals surface area contributed by atoms with Crippen LogP contribution in [0, 0.1) is 19.8 Å². The SMILES string of the molecule is CCCCC[C@@H](C)C(=O)Nc1ccc(-c2ccc(/N=N/c3ccc4c(S(=O)(=O)O)cc(S(=O)(=O)O)c(N)c4c3O)c(C)c2)cc1C. The molecular formula is C32H36N4O8S2. The van der Waals surface area contributed by atoms with E-state index in [1.54, 1.807) is 6.07 Å². The number of fused-ring (bicyclic) bond motifs is 1. The fraction of sp³-hybridized carbons (Fsp3) is 0.281. The highest BCUT2D eigenvalue weighted by molar-refractivity contribution is 7.87. The molecule has 1 amide bonds. The molecule has 14 heteroatoms. The Morgan fingerprint density at radius 1 is 0.848 bits per heavy atom. The first-order valence-electron chi connectivity index (χ1n) is 14.5. The second-order valence-electron chi connectivity index (χ2n) is 11.2. The summed E-state index contributed by atoms with van der Waals surface area (Å²) in [6.45, 7) is 7.81. The van der Waals surface area contributed by atoms with Crippen molar-refractivity contribution in [2.24, 2.45) is 16.1 Å². The van der Waals surface area contributed by atoms with Crippen LogP contribution in [-0.4, -0.2) is 37.0 Å². The molecule has 0 aliphatic rings. The number of benzene rings is 4. The lowest BCUT2D eigenvalue weighted by atomic mass is 9.99. The van der Waals surface area contributed by atoms with Gasteiger partial charge in [0.05, 0.1) is 16.8 Å². The fourth-order valence-electron chi connectivity index (χ4n) is 5.09. The van der Waals surface area contributed by atoms with Crippen LogP contribution in [0.15, 0.2) is 74.6 Å². The Balaban J connectivity index is 1.61. The number of carbonyl (C=O) groups excluding carboxylic acids is 1. The van der Waals surface area contributed by atoms with Crippen molar-refractivity contribution in [3.05, 3.63) is 65.7 Å². The van der Waals surface area contributed by atoms with Crippen LogP contribution in [-0.2, 0) is 25.0 Å². The molecule has 0 radical (unpaired) electrons. The number of carbonyl (C=O) groups is 1. The number of azo groups is 1. The highest BCUT2D eigenvalue weighted by Gasteiger charge is 2.26. The van der Waals surface area contributed by atoms with Crippen LogP contribution in [0.2, 0.25) is 0 Å². The molecule has 4 aromatic carbocycles. The average molecular weight is 669 g/mol. The van der Waals surface area contributed by atoms with E-state index in [-0.39, 0.29) is 22.9 Å². The number of nitrogens with two attached hydrogens (primary N) is 1. The lowest BCUT2D eigenvalue weighted by Crippen LogP contribution is -2.20. The van der Waals surface area contributed by atoms with Crippen molar-refractivity contribution in [3.8, 4) is 16.9 Å². The van der Waals surface area contributed by atoms with Gasteiger partial charge < -0.3 is 16.2 Å². The summed E-state index contributed by atoms with van der Waals surface area (Å²) in [6.07, 6.45) is 4.07. The Hall–Kier alpha value is -4.37. The van der Waals surface area contributed by atoms with Crippen molar-refractivity contribution < 1.29 is 35.8 Å². The molecule has 1 atom stereocenters. The molecule has 0 aliphatic carbocycles. The van der Waals surface area contributed by atoms with Crippen LogP contribution in [0.4, 0.5) is 22.7 Å². The van der Waals surface area contributed by atoms with Gasteiger partial charge in [-0.2, -0.15) is 21.9 Å². The number of aryl methyl sites for hydroxylation is 2. The lowest BCUT2D eigenvalue weighted by molar-refractivity contribution is -0.119. The molecule has 0 aromatic heterocycles. The van der Waals surface area contributed by atoms with Gasteiger partial charge in [0, 0.05) is 17.0 Å². The second kappa shape index (κ2) is 13.5. The van der Waals surface area contributed by atoms with Gasteiger partial charge in [0.25, 0.3) is 20.2 Å². The van der Waals surface area contributed by atoms with Crippen molar-refractivity contribution in [1.29, 1.82) is 0 Å². The summed E-state index contributed by atoms with van der Waals surface area (Å²) in [5.41, 5.74) is 9.74. The molecule has 4 rings (SSSR count). The van der Waals surface area contributed by atoms with Gasteiger partial charge >= 0.3 is 0 Å². The van der Waals surface area contributed by atoms with Crippen LogP contribution in [0.5, 0.6) is 5.75 Å². The van der Waals surface area contributed by atoms with Gasteiger partial charge in [0.1, 0.15) is 15.5 Å². The average Bonchev–Trinajstić information content (AvgIpc) is 2.97. The normalized spacial score (nSPS) is 12.9. The zero-order chi connectivity index (χ0) is 34.0. The first-order valence-corrected chi connectivity index (χ1v) is 17.4. The van der Waals surface area contributed by atoms with Gasteiger partial charge in [0.15, 0.2) is 5.75 Å². The number of nitrogens with zero attached hydrogens (tertiary/aromatic N) is 2. The summed E-state index contributed by atoms with van der Waals surface area (Å²) in [7, 11) is -10.0. The molecule has 0 spiro atoms. The van der Waals surface area contributed by atoms with Crippen molar-refractivity contribution in [2.45, 2.75) is 63.2 Å². The lowest BCUT2D eigenvalue weighted by Gasteiger charge is -2.15. The number of aromatic hydroxyl groups is 1. The summed E-state index contributed by atoms with van der Waals surface area (Å²) >= 11 is 0. The highest BCUT2D eigenvalue weighted by atomic mass is 32.2. The molecule has 0 unspecified atom stereocenters. The molecule has 244 valence electrons. The maximum absolute atomic E-state index is 12.7. The monoisotopic (exact) mass is 668 g/mol. The summed E-state index contributed by atoms with van der Waals surface area (Å²) in [6, 6.07) is 14.1. The molecule has 0 saturated heterocycles. The number of rotatable bonds is 11. The predicted octanol–water partition coefficient (Wildman–Crippen LogP) is 7.48. The molecule has 0 saturated carbocycles. The number of phenolic OH excluding ortho intramolecular Hbond substituents is 1. The number of hydrogen-bond acceptors (Lipinski definition) is 9. The Morgan fingerprint density at radius 2 is 1.43 bits per heavy atom. The zero-order valence-electron chi connectivity index (χ0n) is 25.8. The first kappa shape index (κ1) is 34.5. The largest absolute Gasteiger partial charge is 0.505 e. The molecule has 12 nitrogen and oxygen atoms in total. The standard InChI is InChI=1S/C32H36N4O8S2/c1-5-6-7-8-18(2)32(38)34-24-12-9-21(15-19(24)3)22-10-13-25(20(4)16-22)35-36-26-14-11-23-27(45(39,40)41)17-28(46(42,43)44)30(33)29(23)31(26)37/h9-18,37H,5-8,33H2,1-4H3,(H,34,38)(H,39,40,41)(H,42,43,44)/b36-35+/t18-/m1/s1. The summed E-state index contributed by atoms with van der Waals surface area (Å²) < 4.78 is 66.8. The minimum Gasteiger partial charge on any atom is -0.505 e. The smallest absolute Gasteiger partial charge is 0.296 e. The number of unbranched alkanes of at least 4 members (excludes halogenated alkanes) is 2. The minimum absolute atomic E-state index is 0.00427. The van der Waals surface area contributed by atoms with Gasteiger partial charge in [-0.15, -0.1) is 5.11 Å². The van der Waals surface area contributed by atoms with Gasteiger partial charge in [-0.3, -0.25) is 13.9 Å². The van der Waals surface area contributed by atoms with Crippen LogP contribution in [0.1, 0.15) is 50.7 Å². The molecule has 46 heavy (non-hydrogen) atoms. The van der Waals surface area contributed by atoms with E-state index in [1.807, 2.05) is 51.1 Å². The van der Waals surface area contributed by atoms with E-state index in [2.05, 4.69) is 22.5 Å². The van der Waals surface area contributed by atoms with E-state index < -0.39 is 46.9 Å².